The number of anilines is 1. The lowest BCUT2D eigenvalue weighted by molar-refractivity contribution is 0.0690. The molecular formula is C12H13N3O2S. The highest BCUT2D eigenvalue weighted by molar-refractivity contribution is 7.09. The number of carboxylic acids is 1. The van der Waals surface area contributed by atoms with E-state index in [1.165, 1.54) is 6.07 Å². The van der Waals surface area contributed by atoms with Crippen LogP contribution in [0.4, 0.5) is 5.82 Å². The maximum absolute atomic E-state index is 10.8. The largest absolute Gasteiger partial charge is 0.477 e. The van der Waals surface area contributed by atoms with E-state index < -0.39 is 5.97 Å². The third kappa shape index (κ3) is 3.27. The Morgan fingerprint density at radius 2 is 2.28 bits per heavy atom. The second-order valence-electron chi connectivity index (χ2n) is 3.77. The number of aromatic carboxylic acids is 1. The third-order valence-corrected chi connectivity index (χ3v) is 3.31. The summed E-state index contributed by atoms with van der Waals surface area (Å²) >= 11 is 1.63. The zero-order valence-electron chi connectivity index (χ0n) is 9.88. The second kappa shape index (κ2) is 5.59. The van der Waals surface area contributed by atoms with Crippen LogP contribution in [0, 0.1) is 6.92 Å². The first-order valence-electron chi connectivity index (χ1n) is 5.50. The van der Waals surface area contributed by atoms with Crippen molar-refractivity contribution in [1.29, 1.82) is 0 Å². The van der Waals surface area contributed by atoms with Gasteiger partial charge in [0.15, 0.2) is 5.69 Å². The Morgan fingerprint density at radius 1 is 1.44 bits per heavy atom. The molecule has 0 atom stereocenters. The molecule has 18 heavy (non-hydrogen) atoms. The van der Waals surface area contributed by atoms with Crippen LogP contribution in [0.3, 0.4) is 0 Å². The number of carbonyl (C=O) groups is 1. The zero-order valence-corrected chi connectivity index (χ0v) is 10.7. The average Bonchev–Trinajstić information content (AvgIpc) is 2.75. The predicted octanol–water partition coefficient (Wildman–Crippen LogP) is 2.20. The van der Waals surface area contributed by atoms with Crippen molar-refractivity contribution in [2.75, 3.05) is 11.9 Å². The van der Waals surface area contributed by atoms with Crippen LogP contribution in [0.15, 0.2) is 23.6 Å². The summed E-state index contributed by atoms with van der Waals surface area (Å²) in [5.74, 6) is -0.447. The number of thiazole rings is 1. The van der Waals surface area contributed by atoms with Crippen molar-refractivity contribution in [2.24, 2.45) is 0 Å². The van der Waals surface area contributed by atoms with E-state index in [0.717, 1.165) is 17.1 Å². The van der Waals surface area contributed by atoms with Gasteiger partial charge in [-0.1, -0.05) is 6.07 Å². The molecule has 0 amide bonds. The molecule has 0 unspecified atom stereocenters. The molecule has 0 aliphatic carbocycles. The molecule has 0 fully saturated rings. The standard InChI is InChI=1S/C12H13N3O2S/c1-8-7-18-11(14-8)5-6-13-10-4-2-3-9(15-10)12(16)17/h2-4,7H,5-6H2,1H3,(H,13,15)(H,16,17). The Labute approximate surface area is 109 Å². The fourth-order valence-corrected chi connectivity index (χ4v) is 2.24. The van der Waals surface area contributed by atoms with Crippen molar-refractivity contribution >= 4 is 23.1 Å². The zero-order chi connectivity index (χ0) is 13.0. The number of carboxylic acid groups (broad SMARTS) is 1. The van der Waals surface area contributed by atoms with Gasteiger partial charge in [-0.05, 0) is 19.1 Å². The molecule has 2 aromatic rings. The van der Waals surface area contributed by atoms with E-state index in [-0.39, 0.29) is 5.69 Å². The highest BCUT2D eigenvalue weighted by Gasteiger charge is 2.05. The maximum Gasteiger partial charge on any atom is 0.354 e. The molecular weight excluding hydrogens is 250 g/mol. The molecule has 2 N–H and O–H groups in total. The van der Waals surface area contributed by atoms with Crippen molar-refractivity contribution in [3.8, 4) is 0 Å². The monoisotopic (exact) mass is 263 g/mol. The van der Waals surface area contributed by atoms with Gasteiger partial charge in [0.2, 0.25) is 0 Å². The first kappa shape index (κ1) is 12.5. The van der Waals surface area contributed by atoms with Crippen molar-refractivity contribution in [1.82, 2.24) is 9.97 Å². The second-order valence-corrected chi connectivity index (χ2v) is 4.72. The highest BCUT2D eigenvalue weighted by Crippen LogP contribution is 2.10. The number of hydrogen-bond acceptors (Lipinski definition) is 5. The number of nitrogens with zero attached hydrogens (tertiary/aromatic N) is 2. The van der Waals surface area contributed by atoms with Crippen LogP contribution in [-0.4, -0.2) is 27.6 Å². The van der Waals surface area contributed by atoms with Gasteiger partial charge in [-0.2, -0.15) is 0 Å². The normalized spacial score (nSPS) is 10.3. The van der Waals surface area contributed by atoms with Gasteiger partial charge in [0.05, 0.1) is 5.01 Å². The lowest BCUT2D eigenvalue weighted by atomic mass is 10.3. The van der Waals surface area contributed by atoms with Crippen molar-refractivity contribution < 1.29 is 9.90 Å². The number of rotatable bonds is 5. The summed E-state index contributed by atoms with van der Waals surface area (Å²) in [6.45, 7) is 2.65. The Kier molecular flexibility index (Phi) is 3.88. The minimum absolute atomic E-state index is 0.0464. The molecule has 0 aliphatic heterocycles. The lowest BCUT2D eigenvalue weighted by Gasteiger charge is -2.04. The third-order valence-electron chi connectivity index (χ3n) is 2.28. The Bertz CT molecular complexity index is 554. The smallest absolute Gasteiger partial charge is 0.354 e. The van der Waals surface area contributed by atoms with Gasteiger partial charge in [-0.3, -0.25) is 0 Å². The average molecular weight is 263 g/mol. The molecule has 2 aromatic heterocycles. The van der Waals surface area contributed by atoms with Crippen molar-refractivity contribution in [3.05, 3.63) is 40.0 Å². The summed E-state index contributed by atoms with van der Waals surface area (Å²) in [6, 6.07) is 4.89. The molecule has 0 aromatic carbocycles. The fraction of sp³-hybridized carbons (Fsp3) is 0.250. The molecule has 0 spiro atoms. The van der Waals surface area contributed by atoms with Gasteiger partial charge in [0.25, 0.3) is 0 Å². The van der Waals surface area contributed by atoms with E-state index in [1.54, 1.807) is 23.5 Å². The number of hydrogen-bond donors (Lipinski definition) is 2. The predicted molar refractivity (Wildman–Crippen MR) is 70.2 cm³/mol. The first-order chi connectivity index (χ1) is 8.65. The molecule has 0 radical (unpaired) electrons. The van der Waals surface area contributed by atoms with Crippen LogP contribution in [0.25, 0.3) is 0 Å². The van der Waals surface area contributed by atoms with Gasteiger partial charge in [0.1, 0.15) is 5.82 Å². The first-order valence-corrected chi connectivity index (χ1v) is 6.38. The van der Waals surface area contributed by atoms with Gasteiger partial charge < -0.3 is 10.4 Å². The summed E-state index contributed by atoms with van der Waals surface area (Å²) in [5.41, 5.74) is 1.08. The van der Waals surface area contributed by atoms with Gasteiger partial charge in [-0.25, -0.2) is 14.8 Å². The SMILES string of the molecule is Cc1csc(CCNc2cccc(C(=O)O)n2)n1. The minimum Gasteiger partial charge on any atom is -0.477 e. The number of aryl methyl sites for hydroxylation is 1. The fourth-order valence-electron chi connectivity index (χ4n) is 1.47. The molecule has 0 saturated carbocycles. The van der Waals surface area contributed by atoms with Gasteiger partial charge in [0, 0.05) is 24.0 Å². The molecule has 6 heteroatoms. The summed E-state index contributed by atoms with van der Waals surface area (Å²) in [7, 11) is 0. The van der Waals surface area contributed by atoms with Crippen LogP contribution in [-0.2, 0) is 6.42 Å². The Hall–Kier alpha value is -1.95. The van der Waals surface area contributed by atoms with Crippen LogP contribution in [0.5, 0.6) is 0 Å². The molecule has 0 saturated heterocycles. The van der Waals surface area contributed by atoms with Crippen molar-refractivity contribution in [3.63, 3.8) is 0 Å². The van der Waals surface area contributed by atoms with E-state index >= 15 is 0 Å². The highest BCUT2D eigenvalue weighted by atomic mass is 32.1. The lowest BCUT2D eigenvalue weighted by Crippen LogP contribution is -2.08. The topological polar surface area (TPSA) is 75.1 Å². The Balaban J connectivity index is 1.90. The number of aromatic nitrogens is 2. The summed E-state index contributed by atoms with van der Waals surface area (Å²) < 4.78 is 0. The van der Waals surface area contributed by atoms with E-state index in [2.05, 4.69) is 15.3 Å². The van der Waals surface area contributed by atoms with Crippen molar-refractivity contribution in [2.45, 2.75) is 13.3 Å². The van der Waals surface area contributed by atoms with Crippen LogP contribution < -0.4 is 5.32 Å². The molecule has 0 aliphatic rings. The van der Waals surface area contributed by atoms with Gasteiger partial charge in [-0.15, -0.1) is 11.3 Å². The maximum atomic E-state index is 10.8. The molecule has 2 rings (SSSR count). The summed E-state index contributed by atoms with van der Waals surface area (Å²) in [5, 5.41) is 15.0. The summed E-state index contributed by atoms with van der Waals surface area (Å²) in [4.78, 5) is 19.1. The van der Waals surface area contributed by atoms with Crippen LogP contribution in [0.2, 0.25) is 0 Å². The molecule has 2 heterocycles. The quantitative estimate of drug-likeness (QED) is 0.865. The van der Waals surface area contributed by atoms with Crippen LogP contribution in [0.1, 0.15) is 21.2 Å². The Morgan fingerprint density at radius 3 is 2.94 bits per heavy atom. The number of nitrogens with one attached hydrogen (secondary N) is 1. The van der Waals surface area contributed by atoms with E-state index in [4.69, 9.17) is 5.11 Å². The molecule has 5 nitrogen and oxygen atoms in total. The van der Waals surface area contributed by atoms with E-state index in [0.29, 0.717) is 12.4 Å². The molecule has 0 bridgehead atoms. The molecule has 94 valence electrons. The van der Waals surface area contributed by atoms with Crippen LogP contribution >= 0.6 is 11.3 Å². The van der Waals surface area contributed by atoms with E-state index in [1.807, 2.05) is 12.3 Å². The van der Waals surface area contributed by atoms with E-state index in [9.17, 15) is 4.79 Å². The minimum atomic E-state index is -1.02. The van der Waals surface area contributed by atoms with Gasteiger partial charge >= 0.3 is 5.97 Å². The summed E-state index contributed by atoms with van der Waals surface area (Å²) in [6.07, 6.45) is 0.803. The number of pyridine rings is 1.